The SMILES string of the molecule is Cc1noc(C)c1CN1CCN(C(=O)C2CCC2)CC1.Cl. The highest BCUT2D eigenvalue weighted by molar-refractivity contribution is 5.85. The average Bonchev–Trinajstić information content (AvgIpc) is 2.69. The summed E-state index contributed by atoms with van der Waals surface area (Å²) in [6.07, 6.45) is 3.42. The van der Waals surface area contributed by atoms with E-state index < -0.39 is 0 Å². The molecule has 6 heteroatoms. The maximum atomic E-state index is 12.2. The van der Waals surface area contributed by atoms with Crippen LogP contribution in [-0.2, 0) is 11.3 Å². The van der Waals surface area contributed by atoms with Gasteiger partial charge < -0.3 is 9.42 Å². The fraction of sp³-hybridized carbons (Fsp3) is 0.733. The molecular formula is C15H24ClN3O2. The van der Waals surface area contributed by atoms with Gasteiger partial charge in [0.25, 0.3) is 0 Å². The topological polar surface area (TPSA) is 49.6 Å². The lowest BCUT2D eigenvalue weighted by Gasteiger charge is -2.38. The average molecular weight is 314 g/mol. The summed E-state index contributed by atoms with van der Waals surface area (Å²) < 4.78 is 5.21. The molecule has 2 aliphatic rings. The molecule has 0 aromatic carbocycles. The van der Waals surface area contributed by atoms with Crippen molar-refractivity contribution in [2.75, 3.05) is 26.2 Å². The van der Waals surface area contributed by atoms with Gasteiger partial charge in [0.15, 0.2) is 0 Å². The van der Waals surface area contributed by atoms with Crippen LogP contribution in [0.3, 0.4) is 0 Å². The van der Waals surface area contributed by atoms with E-state index in [-0.39, 0.29) is 12.4 Å². The lowest BCUT2D eigenvalue weighted by atomic mass is 9.84. The summed E-state index contributed by atoms with van der Waals surface area (Å²) in [5, 5.41) is 4.00. The quantitative estimate of drug-likeness (QED) is 0.858. The van der Waals surface area contributed by atoms with Crippen molar-refractivity contribution in [3.05, 3.63) is 17.0 Å². The molecule has 1 aliphatic carbocycles. The van der Waals surface area contributed by atoms with Gasteiger partial charge in [-0.15, -0.1) is 12.4 Å². The number of hydrogen-bond donors (Lipinski definition) is 0. The Kier molecular flexibility index (Phi) is 5.27. The molecule has 0 N–H and O–H groups in total. The molecule has 2 heterocycles. The minimum atomic E-state index is 0. The van der Waals surface area contributed by atoms with Crippen LogP contribution in [0.15, 0.2) is 4.52 Å². The van der Waals surface area contributed by atoms with Crippen LogP contribution in [0.1, 0.15) is 36.3 Å². The lowest BCUT2D eigenvalue weighted by Crippen LogP contribution is -2.50. The molecule has 0 bridgehead atoms. The second-order valence-electron chi connectivity index (χ2n) is 6.03. The van der Waals surface area contributed by atoms with Gasteiger partial charge in [0.1, 0.15) is 5.76 Å². The van der Waals surface area contributed by atoms with E-state index in [4.69, 9.17) is 4.52 Å². The molecule has 0 atom stereocenters. The molecule has 21 heavy (non-hydrogen) atoms. The van der Waals surface area contributed by atoms with E-state index in [0.717, 1.165) is 57.0 Å². The van der Waals surface area contributed by atoms with Gasteiger partial charge in [0.2, 0.25) is 5.91 Å². The van der Waals surface area contributed by atoms with Gasteiger partial charge in [0, 0.05) is 44.2 Å². The van der Waals surface area contributed by atoms with Gasteiger partial charge >= 0.3 is 0 Å². The number of hydrogen-bond acceptors (Lipinski definition) is 4. The summed E-state index contributed by atoms with van der Waals surface area (Å²) in [5.41, 5.74) is 2.18. The number of carbonyl (C=O) groups is 1. The number of amides is 1. The first kappa shape index (κ1) is 16.3. The lowest BCUT2D eigenvalue weighted by molar-refractivity contribution is -0.140. The minimum absolute atomic E-state index is 0. The Morgan fingerprint density at radius 3 is 2.38 bits per heavy atom. The number of aromatic nitrogens is 1. The van der Waals surface area contributed by atoms with Crippen molar-refractivity contribution < 1.29 is 9.32 Å². The first-order valence-corrected chi connectivity index (χ1v) is 7.58. The minimum Gasteiger partial charge on any atom is -0.361 e. The fourth-order valence-corrected chi connectivity index (χ4v) is 2.99. The van der Waals surface area contributed by atoms with Gasteiger partial charge in [-0.2, -0.15) is 0 Å². The van der Waals surface area contributed by atoms with Crippen LogP contribution in [0.5, 0.6) is 0 Å². The maximum Gasteiger partial charge on any atom is 0.225 e. The molecule has 1 amide bonds. The Morgan fingerprint density at radius 2 is 1.90 bits per heavy atom. The van der Waals surface area contributed by atoms with Gasteiger partial charge in [0.05, 0.1) is 5.69 Å². The molecule has 1 aromatic heterocycles. The fourth-order valence-electron chi connectivity index (χ4n) is 2.99. The molecule has 0 radical (unpaired) electrons. The van der Waals surface area contributed by atoms with Crippen molar-refractivity contribution in [2.45, 2.75) is 39.7 Å². The van der Waals surface area contributed by atoms with Crippen LogP contribution in [0.2, 0.25) is 0 Å². The maximum absolute atomic E-state index is 12.2. The van der Waals surface area contributed by atoms with Crippen molar-refractivity contribution in [3.8, 4) is 0 Å². The third-order valence-corrected chi connectivity index (χ3v) is 4.70. The van der Waals surface area contributed by atoms with Crippen LogP contribution in [0.4, 0.5) is 0 Å². The third-order valence-electron chi connectivity index (χ3n) is 4.70. The Hall–Kier alpha value is -1.07. The van der Waals surface area contributed by atoms with Gasteiger partial charge in [-0.3, -0.25) is 9.69 Å². The normalized spacial score (nSPS) is 20.0. The van der Waals surface area contributed by atoms with Crippen LogP contribution >= 0.6 is 12.4 Å². The summed E-state index contributed by atoms with van der Waals surface area (Å²) in [7, 11) is 0. The second-order valence-corrected chi connectivity index (χ2v) is 6.03. The van der Waals surface area contributed by atoms with Crippen LogP contribution < -0.4 is 0 Å². The number of nitrogens with zero attached hydrogens (tertiary/aromatic N) is 3. The van der Waals surface area contributed by atoms with E-state index in [1.807, 2.05) is 18.7 Å². The van der Waals surface area contributed by atoms with Gasteiger partial charge in [-0.1, -0.05) is 11.6 Å². The Morgan fingerprint density at radius 1 is 1.24 bits per heavy atom. The van der Waals surface area contributed by atoms with Crippen LogP contribution in [-0.4, -0.2) is 47.0 Å². The largest absolute Gasteiger partial charge is 0.361 e. The first-order valence-electron chi connectivity index (χ1n) is 7.58. The highest BCUT2D eigenvalue weighted by Crippen LogP contribution is 2.28. The highest BCUT2D eigenvalue weighted by Gasteiger charge is 2.31. The predicted octanol–water partition coefficient (Wildman–Crippen LogP) is 2.16. The first-order chi connectivity index (χ1) is 9.65. The monoisotopic (exact) mass is 313 g/mol. The molecule has 1 saturated heterocycles. The molecule has 1 saturated carbocycles. The Bertz CT molecular complexity index is 472. The standard InChI is InChI=1S/C15H23N3O2.ClH/c1-11-14(12(2)20-16-11)10-17-6-8-18(9-7-17)15(19)13-4-3-5-13;/h13H,3-10H2,1-2H3;1H. The highest BCUT2D eigenvalue weighted by atomic mass is 35.5. The Balaban J connectivity index is 0.00000161. The molecule has 3 rings (SSSR count). The number of halogens is 1. The third kappa shape index (κ3) is 3.40. The molecule has 2 fully saturated rings. The molecular weight excluding hydrogens is 290 g/mol. The van der Waals surface area contributed by atoms with Crippen LogP contribution in [0.25, 0.3) is 0 Å². The summed E-state index contributed by atoms with van der Waals surface area (Å²) in [5.74, 6) is 1.62. The van der Waals surface area contributed by atoms with Gasteiger partial charge in [-0.05, 0) is 26.7 Å². The van der Waals surface area contributed by atoms with Crippen LogP contribution in [0, 0.1) is 19.8 Å². The summed E-state index contributed by atoms with van der Waals surface area (Å²) >= 11 is 0. The van der Waals surface area contributed by atoms with Gasteiger partial charge in [-0.25, -0.2) is 0 Å². The zero-order chi connectivity index (χ0) is 14.1. The zero-order valence-electron chi connectivity index (χ0n) is 12.8. The van der Waals surface area contributed by atoms with E-state index in [1.165, 1.54) is 12.0 Å². The number of rotatable bonds is 3. The number of piperazine rings is 1. The number of aryl methyl sites for hydroxylation is 2. The van der Waals surface area contributed by atoms with E-state index in [1.54, 1.807) is 0 Å². The summed E-state index contributed by atoms with van der Waals surface area (Å²) in [6.45, 7) is 8.45. The smallest absolute Gasteiger partial charge is 0.225 e. The Labute approximate surface area is 132 Å². The molecule has 0 spiro atoms. The molecule has 5 nitrogen and oxygen atoms in total. The molecule has 0 unspecified atom stereocenters. The van der Waals surface area contributed by atoms with E-state index in [0.29, 0.717) is 11.8 Å². The van der Waals surface area contributed by atoms with Crippen molar-refractivity contribution in [2.24, 2.45) is 5.92 Å². The van der Waals surface area contributed by atoms with E-state index >= 15 is 0 Å². The summed E-state index contributed by atoms with van der Waals surface area (Å²) in [6, 6.07) is 0. The zero-order valence-corrected chi connectivity index (χ0v) is 13.6. The predicted molar refractivity (Wildman–Crippen MR) is 82.4 cm³/mol. The van der Waals surface area contributed by atoms with Crippen molar-refractivity contribution in [1.82, 2.24) is 15.0 Å². The number of carbonyl (C=O) groups excluding carboxylic acids is 1. The molecule has 1 aromatic rings. The van der Waals surface area contributed by atoms with Crippen molar-refractivity contribution in [1.29, 1.82) is 0 Å². The molecule has 1 aliphatic heterocycles. The molecule has 118 valence electrons. The van der Waals surface area contributed by atoms with E-state index in [2.05, 4.69) is 10.1 Å². The van der Waals surface area contributed by atoms with Crippen molar-refractivity contribution in [3.63, 3.8) is 0 Å². The summed E-state index contributed by atoms with van der Waals surface area (Å²) in [4.78, 5) is 16.6. The second kappa shape index (κ2) is 6.79. The van der Waals surface area contributed by atoms with E-state index in [9.17, 15) is 4.79 Å². The van der Waals surface area contributed by atoms with Crippen molar-refractivity contribution >= 4 is 18.3 Å².